The minimum atomic E-state index is -0.655. The molecule has 31 heavy (non-hydrogen) atoms. The van der Waals surface area contributed by atoms with Crippen LogP contribution >= 0.6 is 11.6 Å². The van der Waals surface area contributed by atoms with Gasteiger partial charge in [0.05, 0.1) is 19.3 Å². The van der Waals surface area contributed by atoms with E-state index in [1.54, 1.807) is 24.3 Å². The molecule has 0 aliphatic rings. The highest BCUT2D eigenvalue weighted by molar-refractivity contribution is 6.31. The molecule has 0 aliphatic carbocycles. The molecule has 2 heterocycles. The van der Waals surface area contributed by atoms with Crippen LogP contribution < -0.4 is 15.6 Å². The van der Waals surface area contributed by atoms with E-state index in [4.69, 9.17) is 21.4 Å². The minimum Gasteiger partial charge on any atom is -0.467 e. The maximum atomic E-state index is 13.9. The van der Waals surface area contributed by atoms with Crippen LogP contribution in [0.5, 0.6) is 6.01 Å². The quantitative estimate of drug-likeness (QED) is 0.519. The fraction of sp³-hybridized carbons (Fsp3) is 0.238. The lowest BCUT2D eigenvalue weighted by Crippen LogP contribution is -2.24. The monoisotopic (exact) mass is 446 g/mol. The highest BCUT2D eigenvalue weighted by Crippen LogP contribution is 2.23. The second kappa shape index (κ2) is 10.1. The van der Waals surface area contributed by atoms with Crippen LogP contribution in [0.1, 0.15) is 5.56 Å². The normalized spacial score (nSPS) is 10.7. The molecule has 0 bridgehead atoms. The van der Waals surface area contributed by atoms with Gasteiger partial charge in [-0.2, -0.15) is 9.97 Å². The summed E-state index contributed by atoms with van der Waals surface area (Å²) in [5, 5.41) is 12.4. The van der Waals surface area contributed by atoms with Gasteiger partial charge in [-0.3, -0.25) is 9.59 Å². The summed E-state index contributed by atoms with van der Waals surface area (Å²) in [6, 6.07) is 9.13. The number of ether oxygens (including phenoxy) is 1. The van der Waals surface area contributed by atoms with Crippen molar-refractivity contribution in [1.29, 1.82) is 0 Å². The van der Waals surface area contributed by atoms with Crippen molar-refractivity contribution in [1.82, 2.24) is 14.5 Å². The van der Waals surface area contributed by atoms with E-state index in [9.17, 15) is 14.0 Å². The van der Waals surface area contributed by atoms with E-state index in [1.165, 1.54) is 30.0 Å². The lowest BCUT2D eigenvalue weighted by Gasteiger charge is -2.11. The van der Waals surface area contributed by atoms with Gasteiger partial charge in [0.2, 0.25) is 0 Å². The third-order valence-electron chi connectivity index (χ3n) is 4.43. The molecule has 3 rings (SSSR count). The maximum absolute atomic E-state index is 13.9. The second-order valence-corrected chi connectivity index (χ2v) is 6.99. The van der Waals surface area contributed by atoms with Gasteiger partial charge in [0.1, 0.15) is 18.2 Å². The van der Waals surface area contributed by atoms with Crippen molar-refractivity contribution in [3.63, 3.8) is 0 Å². The lowest BCUT2D eigenvalue weighted by atomic mass is 10.1. The van der Waals surface area contributed by atoms with Crippen LogP contribution in [0.4, 0.5) is 10.2 Å². The number of carbonyl (C=O) groups is 1. The van der Waals surface area contributed by atoms with Gasteiger partial charge in [-0.15, -0.1) is 0 Å². The van der Waals surface area contributed by atoms with E-state index in [0.29, 0.717) is 40.6 Å². The van der Waals surface area contributed by atoms with Crippen molar-refractivity contribution in [2.75, 3.05) is 25.6 Å². The SMILES string of the molecule is COc1nc(NCCc2c(F)cccc2Cl)cc(-c2ccc(=O)n(CC(=O)CO)c2)n1. The predicted molar refractivity (Wildman–Crippen MR) is 114 cm³/mol. The Hall–Kier alpha value is -3.30. The topological polar surface area (TPSA) is 106 Å². The molecule has 8 nitrogen and oxygen atoms in total. The number of carbonyl (C=O) groups excluding carboxylic acids is 1. The number of rotatable bonds is 9. The van der Waals surface area contributed by atoms with E-state index >= 15 is 0 Å². The Bertz CT molecular complexity index is 1130. The first-order chi connectivity index (χ1) is 14.9. The van der Waals surface area contributed by atoms with E-state index in [1.807, 2.05) is 0 Å². The summed E-state index contributed by atoms with van der Waals surface area (Å²) in [4.78, 5) is 32.0. The van der Waals surface area contributed by atoms with Crippen LogP contribution in [0, 0.1) is 5.82 Å². The Kier molecular flexibility index (Phi) is 7.32. The first-order valence-electron chi connectivity index (χ1n) is 9.34. The van der Waals surface area contributed by atoms with Crippen LogP contribution in [0.3, 0.4) is 0 Å². The summed E-state index contributed by atoms with van der Waals surface area (Å²) < 4.78 is 20.3. The Morgan fingerprint density at radius 2 is 2.10 bits per heavy atom. The Morgan fingerprint density at radius 1 is 1.29 bits per heavy atom. The molecular weight excluding hydrogens is 427 g/mol. The Morgan fingerprint density at radius 3 is 2.81 bits per heavy atom. The highest BCUT2D eigenvalue weighted by atomic mass is 35.5. The average Bonchev–Trinajstić information content (AvgIpc) is 2.77. The van der Waals surface area contributed by atoms with Crippen molar-refractivity contribution < 1.29 is 19.0 Å². The number of halogens is 2. The zero-order valence-corrected chi connectivity index (χ0v) is 17.4. The van der Waals surface area contributed by atoms with E-state index in [0.717, 1.165) is 0 Å². The largest absolute Gasteiger partial charge is 0.467 e. The fourth-order valence-corrected chi connectivity index (χ4v) is 3.15. The molecule has 1 aromatic carbocycles. The van der Waals surface area contributed by atoms with E-state index < -0.39 is 12.4 Å². The number of Topliss-reactive ketones (excluding diaryl/α,β-unsaturated/α-hetero) is 1. The number of aromatic nitrogens is 3. The molecule has 0 atom stereocenters. The summed E-state index contributed by atoms with van der Waals surface area (Å²) in [5.41, 5.74) is 1.01. The van der Waals surface area contributed by atoms with Crippen molar-refractivity contribution in [2.45, 2.75) is 13.0 Å². The van der Waals surface area contributed by atoms with Gasteiger partial charge in [0.15, 0.2) is 5.78 Å². The molecule has 3 aromatic rings. The predicted octanol–water partition coefficient (Wildman–Crippen LogP) is 2.32. The Labute approximate surface area is 182 Å². The van der Waals surface area contributed by atoms with Gasteiger partial charge in [-0.1, -0.05) is 17.7 Å². The molecule has 0 amide bonds. The number of pyridine rings is 1. The maximum Gasteiger partial charge on any atom is 0.318 e. The Balaban J connectivity index is 1.83. The zero-order valence-electron chi connectivity index (χ0n) is 16.6. The molecule has 0 radical (unpaired) electrons. The number of nitrogens with zero attached hydrogens (tertiary/aromatic N) is 3. The van der Waals surface area contributed by atoms with Gasteiger partial charge >= 0.3 is 6.01 Å². The summed E-state index contributed by atoms with van der Waals surface area (Å²) in [5.74, 6) is -0.442. The average molecular weight is 447 g/mol. The van der Waals surface area contributed by atoms with E-state index in [2.05, 4.69) is 15.3 Å². The second-order valence-electron chi connectivity index (χ2n) is 6.58. The number of aliphatic hydroxyl groups excluding tert-OH is 1. The fourth-order valence-electron chi connectivity index (χ4n) is 2.89. The molecule has 10 heteroatoms. The van der Waals surface area contributed by atoms with Gasteiger partial charge in [0, 0.05) is 41.0 Å². The van der Waals surface area contributed by atoms with Crippen LogP contribution in [0.2, 0.25) is 5.02 Å². The summed E-state index contributed by atoms with van der Waals surface area (Å²) in [6.07, 6.45) is 1.81. The zero-order chi connectivity index (χ0) is 22.4. The number of ketones is 1. The number of anilines is 1. The van der Waals surface area contributed by atoms with Crippen molar-refractivity contribution >= 4 is 23.2 Å². The summed E-state index contributed by atoms with van der Waals surface area (Å²) >= 11 is 6.06. The van der Waals surface area contributed by atoms with Crippen molar-refractivity contribution in [3.8, 4) is 17.3 Å². The van der Waals surface area contributed by atoms with Crippen LogP contribution in [-0.2, 0) is 17.8 Å². The van der Waals surface area contributed by atoms with Crippen LogP contribution in [0.25, 0.3) is 11.3 Å². The third kappa shape index (κ3) is 5.65. The van der Waals surface area contributed by atoms with Gasteiger partial charge in [-0.05, 0) is 24.6 Å². The van der Waals surface area contributed by atoms with Gasteiger partial charge < -0.3 is 19.7 Å². The first-order valence-corrected chi connectivity index (χ1v) is 9.72. The molecule has 2 N–H and O–H groups in total. The number of aliphatic hydroxyl groups is 1. The summed E-state index contributed by atoms with van der Waals surface area (Å²) in [7, 11) is 1.42. The molecule has 0 spiro atoms. The molecule has 0 fully saturated rings. The van der Waals surface area contributed by atoms with Crippen LogP contribution in [-0.4, -0.2) is 45.7 Å². The van der Waals surface area contributed by atoms with Gasteiger partial charge in [-0.25, -0.2) is 4.39 Å². The molecule has 0 aliphatic heterocycles. The highest BCUT2D eigenvalue weighted by Gasteiger charge is 2.11. The van der Waals surface area contributed by atoms with E-state index in [-0.39, 0.29) is 23.9 Å². The lowest BCUT2D eigenvalue weighted by molar-refractivity contribution is -0.122. The van der Waals surface area contributed by atoms with Crippen molar-refractivity contribution in [2.24, 2.45) is 0 Å². The molecule has 0 saturated heterocycles. The minimum absolute atomic E-state index is 0.0908. The van der Waals surface area contributed by atoms with Gasteiger partial charge in [0.25, 0.3) is 5.56 Å². The first kappa shape index (κ1) is 22.4. The van der Waals surface area contributed by atoms with Crippen LogP contribution in [0.15, 0.2) is 47.4 Å². The number of benzene rings is 1. The van der Waals surface area contributed by atoms with Crippen molar-refractivity contribution in [3.05, 3.63) is 69.4 Å². The standard InChI is InChI=1S/C21H20ClFN4O4/c1-31-21-25-18(13-5-6-20(30)27(10-13)11-14(29)12-28)9-19(26-21)24-8-7-15-16(22)3-2-4-17(15)23/h2-6,9-10,28H,7-8,11-12H2,1H3,(H,24,25,26). The molecular formula is C21H20ClFN4O4. The number of nitrogens with one attached hydrogen (secondary N) is 1. The molecule has 162 valence electrons. The number of methoxy groups -OCH3 is 1. The molecule has 0 unspecified atom stereocenters. The molecule has 2 aromatic heterocycles. The smallest absolute Gasteiger partial charge is 0.318 e. The summed E-state index contributed by atoms with van der Waals surface area (Å²) in [6.45, 7) is -0.553. The third-order valence-corrected chi connectivity index (χ3v) is 4.79. The number of hydrogen-bond donors (Lipinski definition) is 2. The molecule has 0 saturated carbocycles. The number of hydrogen-bond acceptors (Lipinski definition) is 7.